The molecule has 0 atom stereocenters. The molecule has 0 aliphatic rings. The van der Waals surface area contributed by atoms with E-state index in [2.05, 4.69) is 5.18 Å². The molecule has 0 amide bonds. The van der Waals surface area contributed by atoms with Crippen LogP contribution in [-0.2, 0) is 19.1 Å². The topological polar surface area (TPSA) is 99.1 Å². The van der Waals surface area contributed by atoms with Gasteiger partial charge in [-0.25, -0.2) is 0 Å². The maximum absolute atomic E-state index is 12.3. The molecule has 0 bridgehead atoms. The van der Waals surface area contributed by atoms with Crippen LogP contribution in [0.5, 0.6) is 5.75 Å². The van der Waals surface area contributed by atoms with Gasteiger partial charge in [0.05, 0.1) is 12.0 Å². The van der Waals surface area contributed by atoms with Gasteiger partial charge < -0.3 is 9.47 Å². The zero-order valence-electron chi connectivity index (χ0n) is 17.5. The van der Waals surface area contributed by atoms with Crippen LogP contribution in [0.25, 0.3) is 0 Å². The Bertz CT molecular complexity index is 751. The third-order valence-electron chi connectivity index (χ3n) is 4.47. The van der Waals surface area contributed by atoms with Crippen molar-refractivity contribution in [2.75, 3.05) is 13.2 Å². The summed E-state index contributed by atoms with van der Waals surface area (Å²) >= 11 is 0. The Morgan fingerprint density at radius 3 is 2.32 bits per heavy atom. The first-order chi connectivity index (χ1) is 12.9. The van der Waals surface area contributed by atoms with Crippen LogP contribution in [0.2, 0.25) is 0 Å². The van der Waals surface area contributed by atoms with Crippen LogP contribution >= 0.6 is 0 Å². The second-order valence-corrected chi connectivity index (χ2v) is 8.08. The number of carbonyl (C=O) groups excluding carboxylic acids is 3. The molecule has 0 saturated carbocycles. The Kier molecular flexibility index (Phi) is 8.02. The van der Waals surface area contributed by atoms with Gasteiger partial charge in [-0.15, -0.1) is 4.91 Å². The number of nitroso groups, excluding NO2 is 1. The average molecular weight is 391 g/mol. The summed E-state index contributed by atoms with van der Waals surface area (Å²) in [5.41, 5.74) is -0.353. The number of nitrogens with zero attached hydrogens (tertiary/aromatic N) is 1. The fraction of sp³-hybridized carbons (Fsp3) is 0.571. The minimum atomic E-state index is -1.66. The van der Waals surface area contributed by atoms with Crippen LogP contribution in [0.1, 0.15) is 51.7 Å². The van der Waals surface area contributed by atoms with E-state index in [-0.39, 0.29) is 0 Å². The molecule has 0 aliphatic carbocycles. The first kappa shape index (κ1) is 23.5. The number of hydrogen-bond donors (Lipinski definition) is 0. The van der Waals surface area contributed by atoms with E-state index in [9.17, 15) is 19.3 Å². The first-order valence-corrected chi connectivity index (χ1v) is 9.20. The molecular weight excluding hydrogens is 362 g/mol. The third kappa shape index (κ3) is 6.55. The number of esters is 1. The van der Waals surface area contributed by atoms with Gasteiger partial charge in [0.15, 0.2) is 12.1 Å². The number of carbonyl (C=O) groups is 3. The Hall–Kier alpha value is -2.57. The number of benzene rings is 1. The lowest BCUT2D eigenvalue weighted by atomic mass is 9.88. The van der Waals surface area contributed by atoms with Crippen molar-refractivity contribution in [3.05, 3.63) is 34.2 Å². The van der Waals surface area contributed by atoms with Gasteiger partial charge >= 0.3 is 5.97 Å². The highest BCUT2D eigenvalue weighted by Gasteiger charge is 2.36. The maximum Gasteiger partial charge on any atom is 0.311 e. The van der Waals surface area contributed by atoms with E-state index in [0.717, 1.165) is 16.9 Å². The SMILES string of the molecule is Cc1ccc(C)c(OCCCC(C)(C)C(=O)OCC(=O)C(=O)C(C)(C)N=O)c1. The van der Waals surface area contributed by atoms with Crippen molar-refractivity contribution in [3.63, 3.8) is 0 Å². The van der Waals surface area contributed by atoms with Gasteiger partial charge in [0.2, 0.25) is 11.6 Å². The van der Waals surface area contributed by atoms with Gasteiger partial charge in [-0.2, -0.15) is 0 Å². The van der Waals surface area contributed by atoms with Gasteiger partial charge in [-0.1, -0.05) is 17.3 Å². The molecule has 0 spiro atoms. The minimum absolute atomic E-state index is 0.442. The number of hydrogen-bond acceptors (Lipinski definition) is 7. The summed E-state index contributed by atoms with van der Waals surface area (Å²) < 4.78 is 10.8. The third-order valence-corrected chi connectivity index (χ3v) is 4.47. The summed E-state index contributed by atoms with van der Waals surface area (Å²) in [6, 6.07) is 5.97. The van der Waals surface area contributed by atoms with Gasteiger partial charge in [-0.3, -0.25) is 14.4 Å². The highest BCUT2D eigenvalue weighted by atomic mass is 16.5. The second kappa shape index (κ2) is 9.57. The molecule has 0 unspecified atom stereocenters. The number of aryl methyl sites for hydroxylation is 2. The van der Waals surface area contributed by atoms with Gasteiger partial charge in [-0.05, 0) is 71.6 Å². The molecule has 0 fully saturated rings. The lowest BCUT2D eigenvalue weighted by Crippen LogP contribution is -2.39. The van der Waals surface area contributed by atoms with Crippen LogP contribution in [0.15, 0.2) is 23.4 Å². The highest BCUT2D eigenvalue weighted by molar-refractivity contribution is 6.41. The molecule has 0 aromatic heterocycles. The summed E-state index contributed by atoms with van der Waals surface area (Å²) in [4.78, 5) is 46.5. The fourth-order valence-electron chi connectivity index (χ4n) is 2.44. The molecule has 0 N–H and O–H groups in total. The number of rotatable bonds is 11. The molecule has 1 rings (SSSR count). The van der Waals surface area contributed by atoms with Crippen molar-refractivity contribution < 1.29 is 23.9 Å². The monoisotopic (exact) mass is 391 g/mol. The van der Waals surface area contributed by atoms with Gasteiger partial charge in [0.25, 0.3) is 0 Å². The Morgan fingerprint density at radius 2 is 1.71 bits per heavy atom. The van der Waals surface area contributed by atoms with E-state index in [0.29, 0.717) is 19.4 Å². The van der Waals surface area contributed by atoms with E-state index >= 15 is 0 Å². The summed E-state index contributed by atoms with van der Waals surface area (Å²) in [5, 5.41) is 2.63. The standard InChI is InChI=1S/C21H29NO6/c1-14-8-9-15(2)17(12-14)27-11-7-10-20(3,4)19(25)28-13-16(23)18(24)21(5,6)22-26/h8-9,12H,7,10-11,13H2,1-6H3. The van der Waals surface area contributed by atoms with Crippen molar-refractivity contribution in [3.8, 4) is 5.75 Å². The fourth-order valence-corrected chi connectivity index (χ4v) is 2.44. The maximum atomic E-state index is 12.3. The van der Waals surface area contributed by atoms with Gasteiger partial charge in [0.1, 0.15) is 5.75 Å². The van der Waals surface area contributed by atoms with Crippen LogP contribution < -0.4 is 4.74 Å². The molecule has 0 aliphatic heterocycles. The van der Waals surface area contributed by atoms with Crippen LogP contribution in [-0.4, -0.2) is 36.3 Å². The normalized spacial score (nSPS) is 11.6. The predicted octanol–water partition coefficient (Wildman–Crippen LogP) is 3.72. The van der Waals surface area contributed by atoms with Crippen LogP contribution in [0.4, 0.5) is 0 Å². The molecule has 0 saturated heterocycles. The van der Waals surface area contributed by atoms with E-state index in [1.54, 1.807) is 13.8 Å². The smallest absolute Gasteiger partial charge is 0.311 e. The second-order valence-electron chi connectivity index (χ2n) is 8.08. The molecular formula is C21H29NO6. The molecule has 28 heavy (non-hydrogen) atoms. The van der Waals surface area contributed by atoms with Crippen molar-refractivity contribution in [1.29, 1.82) is 0 Å². The largest absolute Gasteiger partial charge is 0.493 e. The first-order valence-electron chi connectivity index (χ1n) is 9.20. The van der Waals surface area contributed by atoms with Crippen molar-refractivity contribution in [2.24, 2.45) is 10.6 Å². The molecule has 154 valence electrons. The quantitative estimate of drug-likeness (QED) is 0.247. The summed E-state index contributed by atoms with van der Waals surface area (Å²) in [7, 11) is 0. The lowest BCUT2D eigenvalue weighted by Gasteiger charge is -2.22. The zero-order valence-corrected chi connectivity index (χ0v) is 17.5. The summed E-state index contributed by atoms with van der Waals surface area (Å²) in [5.74, 6) is -1.70. The minimum Gasteiger partial charge on any atom is -0.493 e. The zero-order chi connectivity index (χ0) is 21.5. The number of ether oxygens (including phenoxy) is 2. The van der Waals surface area contributed by atoms with E-state index in [1.165, 1.54) is 13.8 Å². The Labute approximate surface area is 165 Å². The highest BCUT2D eigenvalue weighted by Crippen LogP contribution is 2.25. The van der Waals surface area contributed by atoms with Crippen molar-refractivity contribution in [1.82, 2.24) is 0 Å². The summed E-state index contributed by atoms with van der Waals surface area (Å²) in [6.07, 6.45) is 1.10. The van der Waals surface area contributed by atoms with Gasteiger partial charge in [0, 0.05) is 0 Å². The number of Topliss-reactive ketones (excluding diaryl/α,β-unsaturated/α-hetero) is 2. The Balaban J connectivity index is 2.48. The average Bonchev–Trinajstić information content (AvgIpc) is 2.64. The molecule has 0 heterocycles. The number of ketones is 2. The summed E-state index contributed by atoms with van der Waals surface area (Å²) in [6.45, 7) is 9.59. The molecule has 7 nitrogen and oxygen atoms in total. The molecule has 1 aromatic carbocycles. The molecule has 0 radical (unpaired) electrons. The van der Waals surface area contributed by atoms with Crippen molar-refractivity contribution >= 4 is 17.5 Å². The van der Waals surface area contributed by atoms with E-state index in [1.807, 2.05) is 32.0 Å². The van der Waals surface area contributed by atoms with Crippen molar-refractivity contribution in [2.45, 2.75) is 59.9 Å². The van der Waals surface area contributed by atoms with E-state index in [4.69, 9.17) is 9.47 Å². The lowest BCUT2D eigenvalue weighted by molar-refractivity contribution is -0.158. The van der Waals surface area contributed by atoms with E-state index < -0.39 is 35.1 Å². The molecule has 7 heteroatoms. The van der Waals surface area contributed by atoms with Crippen LogP contribution in [0.3, 0.4) is 0 Å². The Morgan fingerprint density at radius 1 is 1.07 bits per heavy atom. The predicted molar refractivity (Wildman–Crippen MR) is 105 cm³/mol. The molecule has 1 aromatic rings. The van der Waals surface area contributed by atoms with Crippen LogP contribution in [0, 0.1) is 24.2 Å².